The summed E-state index contributed by atoms with van der Waals surface area (Å²) in [6.07, 6.45) is 2.95. The number of carbonyl (C=O) groups is 1. The lowest BCUT2D eigenvalue weighted by Crippen LogP contribution is -2.43. The maximum Gasteiger partial charge on any atom is 0.263 e. The molecule has 0 aliphatic carbocycles. The molecule has 4 nitrogen and oxygen atoms in total. The van der Waals surface area contributed by atoms with Crippen molar-refractivity contribution in [1.29, 1.82) is 0 Å². The molecule has 1 unspecified atom stereocenters. The molecule has 0 aromatic heterocycles. The second-order valence-electron chi connectivity index (χ2n) is 5.40. The fourth-order valence-corrected chi connectivity index (χ4v) is 3.11. The summed E-state index contributed by atoms with van der Waals surface area (Å²) in [5.41, 5.74) is 1.05. The monoisotopic (exact) mass is 354 g/mol. The topological polar surface area (TPSA) is 41.6 Å². The Hall–Kier alpha value is -1.07. The van der Waals surface area contributed by atoms with E-state index in [9.17, 15) is 4.79 Å². The third-order valence-corrected chi connectivity index (χ3v) is 4.35. The largest absolute Gasteiger partial charge is 0.479 e. The lowest BCUT2D eigenvalue weighted by molar-refractivity contribution is -0.138. The Morgan fingerprint density at radius 3 is 2.76 bits per heavy atom. The zero-order chi connectivity index (χ0) is 15.2. The highest BCUT2D eigenvalue weighted by atomic mass is 79.9. The summed E-state index contributed by atoms with van der Waals surface area (Å²) in [7, 11) is 1.90. The number of para-hydroxylation sites is 1. The van der Waals surface area contributed by atoms with Gasteiger partial charge in [-0.3, -0.25) is 4.79 Å². The van der Waals surface area contributed by atoms with Gasteiger partial charge in [0.2, 0.25) is 0 Å². The van der Waals surface area contributed by atoms with Gasteiger partial charge >= 0.3 is 0 Å². The van der Waals surface area contributed by atoms with E-state index >= 15 is 0 Å². The molecule has 0 radical (unpaired) electrons. The number of piperidine rings is 1. The second-order valence-corrected chi connectivity index (χ2v) is 6.26. The first-order valence-electron chi connectivity index (χ1n) is 7.51. The van der Waals surface area contributed by atoms with Crippen LogP contribution in [0.2, 0.25) is 0 Å². The molecular formula is C16H23BrN2O2. The fourth-order valence-electron chi connectivity index (χ4n) is 2.61. The molecule has 1 saturated heterocycles. The van der Waals surface area contributed by atoms with Gasteiger partial charge in [-0.05, 0) is 55.2 Å². The molecule has 0 spiro atoms. The van der Waals surface area contributed by atoms with Gasteiger partial charge in [0.1, 0.15) is 5.75 Å². The molecule has 1 aliphatic heterocycles. The first-order chi connectivity index (χ1) is 10.1. The molecule has 1 aromatic carbocycles. The summed E-state index contributed by atoms with van der Waals surface area (Å²) < 4.78 is 6.85. The van der Waals surface area contributed by atoms with Crippen LogP contribution in [0.5, 0.6) is 5.75 Å². The van der Waals surface area contributed by atoms with Crippen LogP contribution in [0.25, 0.3) is 0 Å². The Kier molecular flexibility index (Phi) is 6.06. The van der Waals surface area contributed by atoms with Gasteiger partial charge in [0.15, 0.2) is 6.10 Å². The van der Waals surface area contributed by atoms with Gasteiger partial charge in [0, 0.05) is 25.2 Å². The molecule has 1 atom stereocenters. The quantitative estimate of drug-likeness (QED) is 0.883. The van der Waals surface area contributed by atoms with Gasteiger partial charge in [-0.15, -0.1) is 0 Å². The van der Waals surface area contributed by atoms with Crippen molar-refractivity contribution in [1.82, 2.24) is 10.2 Å². The molecule has 21 heavy (non-hydrogen) atoms. The first kappa shape index (κ1) is 16.3. The van der Waals surface area contributed by atoms with E-state index in [1.165, 1.54) is 6.42 Å². The number of amides is 1. The van der Waals surface area contributed by atoms with Crippen molar-refractivity contribution in [3.8, 4) is 5.75 Å². The molecule has 0 saturated carbocycles. The van der Waals surface area contributed by atoms with Crippen LogP contribution in [0.15, 0.2) is 22.7 Å². The van der Waals surface area contributed by atoms with E-state index < -0.39 is 6.10 Å². The van der Waals surface area contributed by atoms with Gasteiger partial charge in [0.05, 0.1) is 4.47 Å². The van der Waals surface area contributed by atoms with Gasteiger partial charge < -0.3 is 15.0 Å². The van der Waals surface area contributed by atoms with Crippen LogP contribution >= 0.6 is 15.9 Å². The Morgan fingerprint density at radius 1 is 1.38 bits per heavy atom. The van der Waals surface area contributed by atoms with Crippen LogP contribution in [-0.2, 0) is 11.3 Å². The maximum absolute atomic E-state index is 12.5. The predicted molar refractivity (Wildman–Crippen MR) is 87.4 cm³/mol. The van der Waals surface area contributed by atoms with Gasteiger partial charge in [-0.2, -0.15) is 0 Å². The van der Waals surface area contributed by atoms with E-state index in [1.54, 1.807) is 0 Å². The maximum atomic E-state index is 12.5. The number of nitrogens with one attached hydrogen (secondary N) is 1. The number of likely N-dealkylation sites (tertiary alicyclic amines) is 1. The lowest BCUT2D eigenvalue weighted by atomic mass is 10.1. The van der Waals surface area contributed by atoms with Gasteiger partial charge in [-0.1, -0.05) is 12.1 Å². The molecular weight excluding hydrogens is 332 g/mol. The Labute approximate surface area is 135 Å². The van der Waals surface area contributed by atoms with Crippen LogP contribution < -0.4 is 10.1 Å². The number of carbonyl (C=O) groups excluding carboxylic acids is 1. The Balaban J connectivity index is 2.07. The third kappa shape index (κ3) is 4.20. The molecule has 1 aliphatic rings. The number of rotatable bonds is 5. The van der Waals surface area contributed by atoms with Crippen molar-refractivity contribution in [2.75, 3.05) is 20.1 Å². The van der Waals surface area contributed by atoms with Gasteiger partial charge in [-0.25, -0.2) is 0 Å². The minimum Gasteiger partial charge on any atom is -0.479 e. The SMILES string of the molecule is CNCc1cccc(Br)c1OC(C)C(=O)N1CCCCC1. The predicted octanol–water partition coefficient (Wildman–Crippen LogP) is 2.95. The molecule has 1 N–H and O–H groups in total. The highest BCUT2D eigenvalue weighted by Crippen LogP contribution is 2.30. The number of halogens is 1. The van der Waals surface area contributed by atoms with Gasteiger partial charge in [0.25, 0.3) is 5.91 Å². The van der Waals surface area contributed by atoms with E-state index in [1.807, 2.05) is 37.1 Å². The molecule has 5 heteroatoms. The minimum atomic E-state index is -0.461. The number of hydrogen-bond acceptors (Lipinski definition) is 3. The van der Waals surface area contributed by atoms with Crippen molar-refractivity contribution in [3.05, 3.63) is 28.2 Å². The summed E-state index contributed by atoms with van der Waals surface area (Å²) in [6, 6.07) is 5.92. The second kappa shape index (κ2) is 7.80. The smallest absolute Gasteiger partial charge is 0.263 e. The van der Waals surface area contributed by atoms with E-state index in [4.69, 9.17) is 4.74 Å². The molecule has 116 valence electrons. The van der Waals surface area contributed by atoms with E-state index in [-0.39, 0.29) is 5.91 Å². The molecule has 1 aromatic rings. The number of ether oxygens (including phenoxy) is 1. The average Bonchev–Trinajstić information content (AvgIpc) is 2.51. The normalized spacial score (nSPS) is 16.6. The molecule has 1 heterocycles. The van der Waals surface area contributed by atoms with E-state index in [2.05, 4.69) is 21.2 Å². The molecule has 2 rings (SSSR count). The number of nitrogens with zero attached hydrogens (tertiary/aromatic N) is 1. The summed E-state index contributed by atoms with van der Waals surface area (Å²) in [5, 5.41) is 3.12. The van der Waals surface area contributed by atoms with Crippen LogP contribution in [0.4, 0.5) is 0 Å². The van der Waals surface area contributed by atoms with Crippen LogP contribution in [0.1, 0.15) is 31.7 Å². The summed E-state index contributed by atoms with van der Waals surface area (Å²) in [4.78, 5) is 14.4. The van der Waals surface area contributed by atoms with Crippen molar-refractivity contribution in [3.63, 3.8) is 0 Å². The zero-order valence-corrected chi connectivity index (χ0v) is 14.3. The highest BCUT2D eigenvalue weighted by molar-refractivity contribution is 9.10. The highest BCUT2D eigenvalue weighted by Gasteiger charge is 2.24. The zero-order valence-electron chi connectivity index (χ0n) is 12.7. The average molecular weight is 355 g/mol. The Morgan fingerprint density at radius 2 is 2.10 bits per heavy atom. The third-order valence-electron chi connectivity index (χ3n) is 3.73. The number of benzene rings is 1. The van der Waals surface area contributed by atoms with Crippen molar-refractivity contribution in [2.24, 2.45) is 0 Å². The number of hydrogen-bond donors (Lipinski definition) is 1. The van der Waals surface area contributed by atoms with Crippen molar-refractivity contribution >= 4 is 21.8 Å². The van der Waals surface area contributed by atoms with Crippen molar-refractivity contribution < 1.29 is 9.53 Å². The van der Waals surface area contributed by atoms with Crippen molar-refractivity contribution in [2.45, 2.75) is 38.8 Å². The molecule has 1 amide bonds. The van der Waals surface area contributed by atoms with E-state index in [0.29, 0.717) is 6.54 Å². The molecule has 1 fully saturated rings. The Bertz CT molecular complexity index is 487. The van der Waals surface area contributed by atoms with Crippen LogP contribution in [0, 0.1) is 0 Å². The standard InChI is InChI=1S/C16H23BrN2O2/c1-12(16(20)19-9-4-3-5-10-19)21-15-13(11-18-2)7-6-8-14(15)17/h6-8,12,18H,3-5,9-11H2,1-2H3. The van der Waals surface area contributed by atoms with Crippen LogP contribution in [-0.4, -0.2) is 37.0 Å². The fraction of sp³-hybridized carbons (Fsp3) is 0.562. The lowest BCUT2D eigenvalue weighted by Gasteiger charge is -2.29. The summed E-state index contributed by atoms with van der Waals surface area (Å²) in [5.74, 6) is 0.838. The summed E-state index contributed by atoms with van der Waals surface area (Å²) in [6.45, 7) is 4.25. The van der Waals surface area contributed by atoms with E-state index in [0.717, 1.165) is 41.7 Å². The summed E-state index contributed by atoms with van der Waals surface area (Å²) >= 11 is 3.51. The van der Waals surface area contributed by atoms with Crippen LogP contribution in [0.3, 0.4) is 0 Å². The minimum absolute atomic E-state index is 0.0841. The first-order valence-corrected chi connectivity index (χ1v) is 8.30. The molecule has 0 bridgehead atoms.